The van der Waals surface area contributed by atoms with Gasteiger partial charge in [-0.15, -0.1) is 0 Å². The molecule has 63 nitrogen and oxygen atoms in total. The lowest BCUT2D eigenvalue weighted by Gasteiger charge is -2.51. The van der Waals surface area contributed by atoms with E-state index in [-0.39, 0.29) is 0 Å². The van der Waals surface area contributed by atoms with Crippen LogP contribution >= 0.6 is 0 Å². The van der Waals surface area contributed by atoms with E-state index in [1.165, 1.54) is 0 Å². The van der Waals surface area contributed by atoms with Gasteiger partial charge in [0.25, 0.3) is 0 Å². The van der Waals surface area contributed by atoms with E-state index in [4.69, 9.17) is 99.5 Å². The fraction of sp³-hybridized carbons (Fsp3) is 1.00. The van der Waals surface area contributed by atoms with Gasteiger partial charge in [0.15, 0.2) is 62.9 Å². The van der Waals surface area contributed by atoms with Gasteiger partial charge in [-0.25, -0.2) is 25.1 Å². The second-order valence-electron chi connectivity index (χ2n) is 29.0. The van der Waals surface area contributed by atoms with Crippen LogP contribution in [0.5, 0.6) is 0 Å². The molecular weight excluding hydrogens is 1870 g/mol. The molecule has 10 heterocycles. The summed E-state index contributed by atoms with van der Waals surface area (Å²) in [6, 6.07) is 0. The molecule has 0 saturated carbocycles. The third kappa shape index (κ3) is 26.2. The van der Waals surface area contributed by atoms with E-state index in [1.807, 2.05) is 0 Å². The highest BCUT2D eigenvalue weighted by atomic mass is 32.3. The Balaban J connectivity index is 0.973. The van der Waals surface area contributed by atoms with Crippen LogP contribution < -0.4 is 0 Å². The van der Waals surface area contributed by atoms with Crippen LogP contribution in [-0.2, 0) is 187 Å². The van der Waals surface area contributed by atoms with Crippen molar-refractivity contribution in [3.63, 3.8) is 0 Å². The summed E-state index contributed by atoms with van der Waals surface area (Å²) in [5.74, 6) is 0. The largest absolute Gasteiger partial charge is 0.399 e. The zero-order valence-corrected chi connectivity index (χ0v) is 68.8. The molecule has 0 radical (unpaired) electrons. The molecule has 0 amide bonds. The fourth-order valence-corrected chi connectivity index (χ4v) is 16.7. The van der Waals surface area contributed by atoms with Crippen molar-refractivity contribution in [1.29, 1.82) is 0 Å². The van der Waals surface area contributed by atoms with Gasteiger partial charge in [-0.1, -0.05) is 0 Å². The highest BCUT2D eigenvalue weighted by molar-refractivity contribution is 7.82. The molecule has 0 unspecified atom stereocenters. The summed E-state index contributed by atoms with van der Waals surface area (Å²) in [6.07, 6.45) is -110. The molecule has 0 spiro atoms. The lowest BCUT2D eigenvalue weighted by Crippen LogP contribution is -2.68. The van der Waals surface area contributed by atoms with Crippen LogP contribution in [0.15, 0.2) is 0 Å². The molecule has 69 heteroatoms. The second kappa shape index (κ2) is 42.3. The number of ether oxygens (including phenoxy) is 21. The Morgan fingerprint density at radius 3 is 0.824 bits per heavy atom. The number of aliphatic hydroxyl groups excluding tert-OH is 18. The smallest absolute Gasteiger partial charge is 0.388 e. The average Bonchev–Trinajstić information content (AvgIpc) is 0.768. The number of methoxy groups -OCH3 is 2. The third-order valence-electron chi connectivity index (χ3n) is 20.3. The first-order chi connectivity index (χ1) is 57.9. The standard InChI is InChI=1S/C56H94O63S6/c1-11-35(105-47-33(73)39(21(61)15(103-47)9-99-120(75,76)77)107-49-29(69)37(93-3)31(71)51(113-49)118-124(87,88)89)27(67)43(109-45-25(65)19(59)13(57)5-95-45)55(101-11)111-41-23(63)17(116-122(81,82)83)7-97-53(41)115-54-42(24(64)18(8-98-54)117-123(84,85)86)112-56-44(110-46-26(66)20(60)14(58)6-96-46)28(68)36(12(2)102-56)106-48-34(74)40(22(62)16(104-48)10-100-121(78,79)80)108-50-30(70)38(94-4)32(72)52(114-50)119-125(90,91)92/h11-74H,5-10H2,1-4H3,(H,75,76,77)(H,78,79,80)(H,81,82,83)(H,84,85,86)(H,87,88,89)(H,90,91,92)/t11-,12-,13-,14-,15-,16-,17-,18-,19+,20+,21-,22-,23+,24+,25-,26-,27+,28+,29-,30-,31+,32+,33-,34-,35-,36-,37-,38-,39+,40+,41-,42-,43-,44-,45+,46+,47+,48+,49-,50-,51-,52-,53+,54+,55+,56+/m1/s1. The first kappa shape index (κ1) is 105. The normalized spacial score (nSPS) is 47.4. The number of aliphatic hydroxyl groups is 18. The van der Waals surface area contributed by atoms with Crippen LogP contribution in [0, 0.1) is 0 Å². The van der Waals surface area contributed by atoms with E-state index in [1.54, 1.807) is 0 Å². The van der Waals surface area contributed by atoms with Crippen molar-refractivity contribution in [2.45, 2.75) is 297 Å². The zero-order chi connectivity index (χ0) is 92.9. The minimum Gasteiger partial charge on any atom is -0.388 e. The quantitative estimate of drug-likeness (QED) is 0.0266. The lowest BCUT2D eigenvalue weighted by molar-refractivity contribution is -0.418. The Hall–Kier alpha value is -2.34. The molecule has 10 aliphatic rings. The minimum atomic E-state index is -5.73. The maximum atomic E-state index is 12.6. The highest BCUT2D eigenvalue weighted by Crippen LogP contribution is 2.42. The summed E-state index contributed by atoms with van der Waals surface area (Å²) in [5.41, 5.74) is 0. The molecule has 10 saturated heterocycles. The molecule has 0 aliphatic carbocycles. The van der Waals surface area contributed by atoms with Crippen LogP contribution in [0.25, 0.3) is 0 Å². The van der Waals surface area contributed by atoms with Gasteiger partial charge >= 0.3 is 62.4 Å². The van der Waals surface area contributed by atoms with E-state index in [9.17, 15) is 170 Å². The van der Waals surface area contributed by atoms with Gasteiger partial charge < -0.3 is 191 Å². The molecule has 0 aromatic carbocycles. The third-order valence-corrected chi connectivity index (χ3v) is 23.1. The Morgan fingerprint density at radius 1 is 0.240 bits per heavy atom. The summed E-state index contributed by atoms with van der Waals surface area (Å²) < 4.78 is 348. The molecule has 10 fully saturated rings. The van der Waals surface area contributed by atoms with E-state index in [0.29, 0.717) is 0 Å². The number of hydrogen-bond donors (Lipinski definition) is 24. The Morgan fingerprint density at radius 2 is 0.512 bits per heavy atom. The van der Waals surface area contributed by atoms with Crippen molar-refractivity contribution >= 4 is 62.4 Å². The molecule has 0 aromatic rings. The minimum absolute atomic E-state index is 0.842. The molecule has 0 bridgehead atoms. The van der Waals surface area contributed by atoms with Crippen molar-refractivity contribution in [1.82, 2.24) is 0 Å². The molecule has 0 aromatic heterocycles. The molecular formula is C56H94O63S6. The predicted octanol–water partition coefficient (Wildman–Crippen LogP) is -18.0. The van der Waals surface area contributed by atoms with E-state index in [0.717, 1.165) is 28.1 Å². The summed E-state index contributed by atoms with van der Waals surface area (Å²) in [6.45, 7) is -5.39. The van der Waals surface area contributed by atoms with Gasteiger partial charge in [-0.3, -0.25) is 27.3 Å². The van der Waals surface area contributed by atoms with Crippen molar-refractivity contribution in [2.75, 3.05) is 53.9 Å². The summed E-state index contributed by atoms with van der Waals surface area (Å²) in [5, 5.41) is 205. The van der Waals surface area contributed by atoms with Crippen LogP contribution in [0.2, 0.25) is 0 Å². The highest BCUT2D eigenvalue weighted by Gasteiger charge is 2.62. The van der Waals surface area contributed by atoms with Crippen molar-refractivity contribution in [2.24, 2.45) is 0 Å². The van der Waals surface area contributed by atoms with E-state index < -0.39 is 385 Å². The molecule has 10 rings (SSSR count). The van der Waals surface area contributed by atoms with Gasteiger partial charge in [0, 0.05) is 14.2 Å². The Labute approximate surface area is 704 Å². The molecule has 10 aliphatic heterocycles. The van der Waals surface area contributed by atoms with Crippen LogP contribution in [0.4, 0.5) is 0 Å². The second-order valence-corrected chi connectivity index (χ2v) is 35.4. The van der Waals surface area contributed by atoms with Crippen molar-refractivity contribution in [3.8, 4) is 0 Å². The van der Waals surface area contributed by atoms with Crippen molar-refractivity contribution < 1.29 is 294 Å². The summed E-state index contributed by atoms with van der Waals surface area (Å²) in [7, 11) is -31.9. The number of hydrogen-bond acceptors (Lipinski definition) is 57. The molecule has 46 atom stereocenters. The van der Waals surface area contributed by atoms with E-state index >= 15 is 0 Å². The van der Waals surface area contributed by atoms with Crippen molar-refractivity contribution in [3.05, 3.63) is 0 Å². The first-order valence-electron chi connectivity index (χ1n) is 36.3. The van der Waals surface area contributed by atoms with Crippen LogP contribution in [0.3, 0.4) is 0 Å². The molecule has 732 valence electrons. The lowest BCUT2D eigenvalue weighted by atomic mass is 9.96. The van der Waals surface area contributed by atoms with Gasteiger partial charge in [0.05, 0.1) is 51.8 Å². The van der Waals surface area contributed by atoms with Crippen LogP contribution in [-0.4, -0.2) is 507 Å². The fourth-order valence-electron chi connectivity index (χ4n) is 14.3. The van der Waals surface area contributed by atoms with E-state index in [2.05, 4.69) is 25.1 Å². The average molecular weight is 1970 g/mol. The maximum Gasteiger partial charge on any atom is 0.399 e. The summed E-state index contributed by atoms with van der Waals surface area (Å²) >= 11 is 0. The maximum absolute atomic E-state index is 12.6. The monoisotopic (exact) mass is 1970 g/mol. The predicted molar refractivity (Wildman–Crippen MR) is 365 cm³/mol. The van der Waals surface area contributed by atoms with Gasteiger partial charge in [-0.05, 0) is 13.8 Å². The zero-order valence-electron chi connectivity index (χ0n) is 63.9. The Kier molecular flexibility index (Phi) is 35.4. The topological polar surface area (TPSA) is 940 Å². The van der Waals surface area contributed by atoms with Gasteiger partial charge in [0.1, 0.15) is 195 Å². The van der Waals surface area contributed by atoms with Crippen LogP contribution in [0.1, 0.15) is 13.8 Å². The molecule has 24 N–H and O–H groups in total. The Bertz CT molecular complexity index is 3930. The SMILES string of the molecule is CO[C@H]1[C@H](O)[C@@H](OS(=O)(=O)O)O[C@@H](O[C@@H]2[C@@H](O)[C@H](O[C@H]3[C@H](O)[C@@H](O[C@@H]4OC[C@@H](O)[C@H](O)[C@H]4O)[C@H](O[C@H]4[C@H](O[C@@H]5OC[C@@H](OS(=O)(=O)O)[C@H](O)[C@H]5O[C@@H]5O[C@H](C)[C@@H](O[C@@H]6O[C@H](COS(=O)(=O)O)[C@@H](O)[C@H](O[C@@H]7O[C@H](OS(=O)(=O)O)[C@@H](O)[C@H](OC)[C@H]7O)[C@H]6O)[C@H](O)[C@H]5O[C@@H]5OC[C@@H](O)[C@H](O)[C@H]5O)OC[C@@H](OS(=O)(=O)O)[C@@H]4O)O[C@@H]3C)O[C@H](COS(=O)(=O)O)[C@H]2O)[C@@H]1O. The first-order valence-corrected chi connectivity index (χ1v) is 44.5. The van der Waals surface area contributed by atoms with Gasteiger partial charge in [0.2, 0.25) is 12.6 Å². The summed E-state index contributed by atoms with van der Waals surface area (Å²) in [4.78, 5) is 0. The number of rotatable bonds is 34. The molecule has 125 heavy (non-hydrogen) atoms. The van der Waals surface area contributed by atoms with Gasteiger partial charge in [-0.2, -0.15) is 50.5 Å².